The maximum absolute atomic E-state index is 13.0. The van der Waals surface area contributed by atoms with Crippen LogP contribution in [-0.2, 0) is 4.79 Å². The second-order valence-electron chi connectivity index (χ2n) is 7.00. The summed E-state index contributed by atoms with van der Waals surface area (Å²) < 4.78 is 5.62. The predicted octanol–water partition coefficient (Wildman–Crippen LogP) is 3.94. The second-order valence-corrected chi connectivity index (χ2v) is 7.40. The Hall–Kier alpha value is -3.71. The molecule has 0 saturated carbocycles. The molecule has 3 aromatic rings. The summed E-state index contributed by atoms with van der Waals surface area (Å²) in [4.78, 5) is 25.6. The van der Waals surface area contributed by atoms with Gasteiger partial charge in [-0.05, 0) is 41.9 Å². The van der Waals surface area contributed by atoms with E-state index in [-0.39, 0.29) is 11.0 Å². The number of ether oxygens (including phenoxy) is 1. The van der Waals surface area contributed by atoms with Gasteiger partial charge in [0.15, 0.2) is 5.11 Å². The van der Waals surface area contributed by atoms with Gasteiger partial charge < -0.3 is 4.74 Å². The molecule has 3 rings (SSSR count). The topological polar surface area (TPSA) is 79.5 Å². The number of carbonyl (C=O) groups is 2. The molecule has 7 heteroatoms. The predicted molar refractivity (Wildman–Crippen MR) is 128 cm³/mol. The summed E-state index contributed by atoms with van der Waals surface area (Å²) in [6, 6.07) is 25.8. The van der Waals surface area contributed by atoms with Crippen LogP contribution in [0.25, 0.3) is 0 Å². The van der Waals surface area contributed by atoms with Gasteiger partial charge in [0.05, 0.1) is 18.1 Å². The first-order valence-electron chi connectivity index (χ1n) is 10.3. The van der Waals surface area contributed by atoms with Crippen molar-refractivity contribution in [3.63, 3.8) is 0 Å². The summed E-state index contributed by atoms with van der Waals surface area (Å²) in [7, 11) is 0. The van der Waals surface area contributed by atoms with Crippen molar-refractivity contribution in [2.75, 3.05) is 6.61 Å². The largest absolute Gasteiger partial charge is 0.493 e. The summed E-state index contributed by atoms with van der Waals surface area (Å²) in [5.74, 6) is -0.782. The first-order chi connectivity index (χ1) is 15.6. The molecule has 3 aromatic carbocycles. The van der Waals surface area contributed by atoms with Gasteiger partial charge >= 0.3 is 0 Å². The number of rotatable bonds is 7. The molecule has 6 nitrogen and oxygen atoms in total. The van der Waals surface area contributed by atoms with E-state index in [0.29, 0.717) is 17.9 Å². The normalized spacial score (nSPS) is 10.3. The lowest BCUT2D eigenvalue weighted by Gasteiger charge is -2.19. The Bertz CT molecular complexity index is 1020. The number of carbonyl (C=O) groups excluding carboxylic acids is 2. The van der Waals surface area contributed by atoms with E-state index in [1.807, 2.05) is 67.6 Å². The first-order valence-corrected chi connectivity index (χ1v) is 10.7. The van der Waals surface area contributed by atoms with Gasteiger partial charge in [-0.25, -0.2) is 0 Å². The van der Waals surface area contributed by atoms with Crippen molar-refractivity contribution < 1.29 is 14.3 Å². The maximum atomic E-state index is 13.0. The molecule has 0 unspecified atom stereocenters. The lowest BCUT2D eigenvalue weighted by molar-refractivity contribution is -0.122. The highest BCUT2D eigenvalue weighted by molar-refractivity contribution is 7.80. The van der Waals surface area contributed by atoms with Crippen molar-refractivity contribution in [3.05, 3.63) is 102 Å². The average Bonchev–Trinajstić information content (AvgIpc) is 2.83. The number of thiocarbonyl (C=S) groups is 1. The molecule has 0 atom stereocenters. The van der Waals surface area contributed by atoms with E-state index >= 15 is 0 Å². The van der Waals surface area contributed by atoms with Gasteiger partial charge in [0.1, 0.15) is 5.75 Å². The minimum Gasteiger partial charge on any atom is -0.493 e. The smallest absolute Gasteiger partial charge is 0.261 e. The molecule has 0 heterocycles. The Morgan fingerprint density at radius 2 is 1.41 bits per heavy atom. The minimum absolute atomic E-state index is 0.0199. The van der Waals surface area contributed by atoms with Crippen LogP contribution < -0.4 is 20.9 Å². The van der Waals surface area contributed by atoms with Gasteiger partial charge in [-0.1, -0.05) is 79.7 Å². The highest BCUT2D eigenvalue weighted by atomic mass is 32.1. The quantitative estimate of drug-likeness (QED) is 0.378. The zero-order valence-corrected chi connectivity index (χ0v) is 18.5. The molecule has 3 N–H and O–H groups in total. The summed E-state index contributed by atoms with van der Waals surface area (Å²) >= 11 is 5.20. The zero-order chi connectivity index (χ0) is 22.8. The number of amides is 2. The van der Waals surface area contributed by atoms with Gasteiger partial charge in [-0.15, -0.1) is 0 Å². The SMILES string of the molecule is CCCOc1ccccc1C(=O)NC(=S)NNC(=O)C(c1ccccc1)c1ccccc1. The molecule has 0 fully saturated rings. The number of hydrazine groups is 1. The molecule has 164 valence electrons. The first kappa shape index (κ1) is 23.0. The van der Waals surface area contributed by atoms with Gasteiger partial charge in [-0.3, -0.25) is 25.8 Å². The fraction of sp³-hybridized carbons (Fsp3) is 0.160. The summed E-state index contributed by atoms with van der Waals surface area (Å²) in [5.41, 5.74) is 7.28. The monoisotopic (exact) mass is 447 g/mol. The minimum atomic E-state index is -0.536. The zero-order valence-electron chi connectivity index (χ0n) is 17.7. The van der Waals surface area contributed by atoms with Crippen molar-refractivity contribution >= 4 is 29.1 Å². The Labute approximate surface area is 193 Å². The highest BCUT2D eigenvalue weighted by Crippen LogP contribution is 2.24. The Balaban J connectivity index is 1.65. The van der Waals surface area contributed by atoms with E-state index < -0.39 is 11.8 Å². The molecule has 0 bridgehead atoms. The number of benzene rings is 3. The molecule has 2 amide bonds. The lowest BCUT2D eigenvalue weighted by Crippen LogP contribution is -2.49. The van der Waals surface area contributed by atoms with E-state index in [1.165, 1.54) is 0 Å². The van der Waals surface area contributed by atoms with Crippen molar-refractivity contribution in [2.24, 2.45) is 0 Å². The molecule has 0 spiro atoms. The molecule has 0 aromatic heterocycles. The van der Waals surface area contributed by atoms with Gasteiger partial charge in [-0.2, -0.15) is 0 Å². The summed E-state index contributed by atoms with van der Waals surface area (Å²) in [5, 5.41) is 2.55. The van der Waals surface area contributed by atoms with Crippen LogP contribution in [0, 0.1) is 0 Å². The summed E-state index contributed by atoms with van der Waals surface area (Å²) in [6.07, 6.45) is 0.825. The van der Waals surface area contributed by atoms with Crippen LogP contribution in [0.4, 0.5) is 0 Å². The lowest BCUT2D eigenvalue weighted by atomic mass is 9.91. The van der Waals surface area contributed by atoms with E-state index in [4.69, 9.17) is 17.0 Å². The fourth-order valence-electron chi connectivity index (χ4n) is 3.17. The van der Waals surface area contributed by atoms with Crippen molar-refractivity contribution in [1.29, 1.82) is 0 Å². The van der Waals surface area contributed by atoms with Gasteiger partial charge in [0.2, 0.25) is 5.91 Å². The Kier molecular flexibility index (Phi) is 8.34. The maximum Gasteiger partial charge on any atom is 0.261 e. The van der Waals surface area contributed by atoms with Crippen LogP contribution in [0.3, 0.4) is 0 Å². The number of hydrogen-bond donors (Lipinski definition) is 3. The molecular formula is C25H25N3O3S. The Morgan fingerprint density at radius 3 is 2.00 bits per heavy atom. The molecule has 0 aliphatic heterocycles. The van der Waals surface area contributed by atoms with E-state index in [2.05, 4.69) is 16.2 Å². The van der Waals surface area contributed by atoms with E-state index in [0.717, 1.165) is 17.5 Å². The van der Waals surface area contributed by atoms with E-state index in [1.54, 1.807) is 24.3 Å². The fourth-order valence-corrected chi connectivity index (χ4v) is 3.31. The molecule has 0 radical (unpaired) electrons. The van der Waals surface area contributed by atoms with Crippen LogP contribution in [0.5, 0.6) is 5.75 Å². The molecule has 32 heavy (non-hydrogen) atoms. The third-order valence-corrected chi connectivity index (χ3v) is 4.85. The number of para-hydroxylation sites is 1. The molecule has 0 aliphatic rings. The van der Waals surface area contributed by atoms with Crippen LogP contribution >= 0.6 is 12.2 Å². The highest BCUT2D eigenvalue weighted by Gasteiger charge is 2.23. The molecule has 0 aliphatic carbocycles. The van der Waals surface area contributed by atoms with Crippen LogP contribution in [0.1, 0.15) is 40.7 Å². The third-order valence-electron chi connectivity index (χ3n) is 4.65. The average molecular weight is 448 g/mol. The van der Waals surface area contributed by atoms with Crippen LogP contribution in [-0.4, -0.2) is 23.5 Å². The molecule has 0 saturated heterocycles. The number of hydrogen-bond acceptors (Lipinski definition) is 4. The van der Waals surface area contributed by atoms with Gasteiger partial charge in [0, 0.05) is 0 Å². The molecular weight excluding hydrogens is 422 g/mol. The Morgan fingerprint density at radius 1 is 0.844 bits per heavy atom. The standard InChI is InChI=1S/C25H25N3O3S/c1-2-17-31-21-16-10-9-15-20(21)23(29)26-25(32)28-27-24(30)22(18-11-5-3-6-12-18)19-13-7-4-8-14-19/h3-16,22H,2,17H2,1H3,(H,27,30)(H2,26,28,29,32). The van der Waals surface area contributed by atoms with Gasteiger partial charge in [0.25, 0.3) is 5.91 Å². The third kappa shape index (κ3) is 6.15. The van der Waals surface area contributed by atoms with Crippen molar-refractivity contribution in [2.45, 2.75) is 19.3 Å². The number of nitrogens with one attached hydrogen (secondary N) is 3. The van der Waals surface area contributed by atoms with Crippen LogP contribution in [0.2, 0.25) is 0 Å². The second kappa shape index (κ2) is 11.6. The summed E-state index contributed by atoms with van der Waals surface area (Å²) in [6.45, 7) is 2.49. The van der Waals surface area contributed by atoms with E-state index in [9.17, 15) is 9.59 Å². The van der Waals surface area contributed by atoms with Crippen molar-refractivity contribution in [3.8, 4) is 5.75 Å². The van der Waals surface area contributed by atoms with Crippen molar-refractivity contribution in [1.82, 2.24) is 16.2 Å². The van der Waals surface area contributed by atoms with Crippen LogP contribution in [0.15, 0.2) is 84.9 Å².